The van der Waals surface area contributed by atoms with Gasteiger partial charge in [0.05, 0.1) is 8.66 Å². The van der Waals surface area contributed by atoms with Crippen molar-refractivity contribution in [2.24, 2.45) is 0 Å². The van der Waals surface area contributed by atoms with Crippen LogP contribution in [0.25, 0.3) is 0 Å². The van der Waals surface area contributed by atoms with Crippen molar-refractivity contribution < 1.29 is 9.59 Å². The van der Waals surface area contributed by atoms with Crippen LogP contribution in [0.5, 0.6) is 0 Å². The van der Waals surface area contributed by atoms with Crippen LogP contribution in [0.15, 0.2) is 69.6 Å². The maximum absolute atomic E-state index is 12.1. The van der Waals surface area contributed by atoms with Gasteiger partial charge in [0.2, 0.25) is 0 Å². The molecule has 3 rings (SSSR count). The summed E-state index contributed by atoms with van der Waals surface area (Å²) in [5.74, 6) is 0.0988. The summed E-state index contributed by atoms with van der Waals surface area (Å²) in [6, 6.07) is 14.6. The summed E-state index contributed by atoms with van der Waals surface area (Å²) < 4.78 is 0.855. The summed E-state index contributed by atoms with van der Waals surface area (Å²) in [4.78, 5) is 29.7. The van der Waals surface area contributed by atoms with E-state index in [0.29, 0.717) is 10.4 Å². The lowest BCUT2D eigenvalue weighted by Gasteiger charge is -2.07. The highest BCUT2D eigenvalue weighted by atomic mass is 79.9. The summed E-state index contributed by atoms with van der Waals surface area (Å²) >= 11 is 6.26. The Labute approximate surface area is 167 Å². The second kappa shape index (κ2) is 8.98. The molecule has 3 aromatic rings. The van der Waals surface area contributed by atoms with Crippen LogP contribution in [0.4, 0.5) is 0 Å². The highest BCUT2D eigenvalue weighted by Gasteiger charge is 2.11. The lowest BCUT2D eigenvalue weighted by Crippen LogP contribution is -2.41. The molecule has 8 heteroatoms. The van der Waals surface area contributed by atoms with Gasteiger partial charge in [-0.15, -0.1) is 23.1 Å². The molecule has 2 amide bonds. The third-order valence-corrected chi connectivity index (χ3v) is 6.04. The molecule has 0 aliphatic rings. The number of aromatic nitrogens is 1. The third kappa shape index (κ3) is 5.17. The van der Waals surface area contributed by atoms with E-state index in [1.807, 2.05) is 30.5 Å². The molecule has 0 aliphatic heterocycles. The molecule has 2 N–H and O–H groups in total. The fourth-order valence-electron chi connectivity index (χ4n) is 2.04. The Bertz CT molecular complexity index is 898. The van der Waals surface area contributed by atoms with Gasteiger partial charge in [-0.2, -0.15) is 0 Å². The van der Waals surface area contributed by atoms with Crippen molar-refractivity contribution in [3.05, 3.63) is 80.7 Å². The van der Waals surface area contributed by atoms with Crippen LogP contribution >= 0.6 is 39.0 Å². The molecule has 26 heavy (non-hydrogen) atoms. The third-order valence-electron chi connectivity index (χ3n) is 3.33. The molecular weight excluding hydrogens is 434 g/mol. The number of hydrogen-bond donors (Lipinski definition) is 2. The number of thiophene rings is 1. The first kappa shape index (κ1) is 18.6. The summed E-state index contributed by atoms with van der Waals surface area (Å²) in [5.41, 5.74) is 6.45. The predicted molar refractivity (Wildman–Crippen MR) is 107 cm³/mol. The van der Waals surface area contributed by atoms with Gasteiger partial charge in [-0.25, -0.2) is 0 Å². The second-order valence-corrected chi connectivity index (χ2v) is 8.70. The number of carbonyl (C=O) groups is 2. The lowest BCUT2D eigenvalue weighted by atomic mass is 10.2. The summed E-state index contributed by atoms with van der Waals surface area (Å²) in [6.45, 7) is 0. The van der Waals surface area contributed by atoms with E-state index in [1.165, 1.54) is 11.3 Å². The second-order valence-electron chi connectivity index (χ2n) is 5.19. The van der Waals surface area contributed by atoms with Crippen LogP contribution in [-0.4, -0.2) is 16.8 Å². The van der Waals surface area contributed by atoms with Crippen molar-refractivity contribution in [1.29, 1.82) is 0 Å². The van der Waals surface area contributed by atoms with E-state index in [2.05, 4.69) is 31.8 Å². The molecule has 5 nitrogen and oxygen atoms in total. The Kier molecular flexibility index (Phi) is 6.43. The normalized spacial score (nSPS) is 10.3. The maximum atomic E-state index is 12.1. The van der Waals surface area contributed by atoms with E-state index < -0.39 is 0 Å². The molecule has 0 radical (unpaired) electrons. The number of thioether (sulfide) groups is 1. The van der Waals surface area contributed by atoms with E-state index in [1.54, 1.807) is 42.2 Å². The monoisotopic (exact) mass is 447 g/mol. The van der Waals surface area contributed by atoms with Crippen LogP contribution in [0, 0.1) is 0 Å². The van der Waals surface area contributed by atoms with Gasteiger partial charge in [-0.1, -0.05) is 6.07 Å². The van der Waals surface area contributed by atoms with E-state index in [9.17, 15) is 9.59 Å². The summed E-state index contributed by atoms with van der Waals surface area (Å²) in [5, 5.41) is 0. The van der Waals surface area contributed by atoms with Crippen LogP contribution in [0.3, 0.4) is 0 Å². The fraction of sp³-hybridized carbons (Fsp3) is 0.0556. The average molecular weight is 448 g/mol. The predicted octanol–water partition coefficient (Wildman–Crippen LogP) is 4.27. The molecule has 132 valence electrons. The number of nitrogens with zero attached hydrogens (tertiary/aromatic N) is 1. The van der Waals surface area contributed by atoms with Crippen LogP contribution < -0.4 is 10.9 Å². The minimum Gasteiger partial charge on any atom is -0.267 e. The lowest BCUT2D eigenvalue weighted by molar-refractivity contribution is 0.0849. The number of benzene rings is 1. The first-order valence-electron chi connectivity index (χ1n) is 7.59. The van der Waals surface area contributed by atoms with Gasteiger partial charge in [-0.3, -0.25) is 25.4 Å². The Balaban J connectivity index is 1.51. The molecule has 0 saturated carbocycles. The molecule has 0 bridgehead atoms. The minimum atomic E-state index is -0.363. The molecule has 2 aromatic heterocycles. The molecule has 0 spiro atoms. The van der Waals surface area contributed by atoms with Crippen molar-refractivity contribution in [3.63, 3.8) is 0 Å². The quantitative estimate of drug-likeness (QED) is 0.452. The highest BCUT2D eigenvalue weighted by Crippen LogP contribution is 2.23. The standard InChI is InChI=1S/C18H14BrN3O2S2/c19-16-8-7-15(26-16)18(24)22-21-17(23)13-3-5-14(6-4-13)25-11-12-2-1-9-20-10-12/h1-10H,11H2,(H,21,23)(H,22,24). The molecule has 2 heterocycles. The van der Waals surface area contributed by atoms with Gasteiger partial charge in [0.25, 0.3) is 11.8 Å². The number of amides is 2. The van der Waals surface area contributed by atoms with Crippen LogP contribution in [-0.2, 0) is 5.75 Å². The smallest absolute Gasteiger partial charge is 0.267 e. The van der Waals surface area contributed by atoms with E-state index in [-0.39, 0.29) is 11.8 Å². The summed E-state index contributed by atoms with van der Waals surface area (Å²) in [6.07, 6.45) is 3.58. The van der Waals surface area contributed by atoms with E-state index >= 15 is 0 Å². The number of carbonyl (C=O) groups excluding carboxylic acids is 2. The molecule has 0 fully saturated rings. The van der Waals surface area contributed by atoms with Gasteiger partial charge in [-0.05, 0) is 64.0 Å². The Hall–Kier alpha value is -2.16. The number of nitrogens with one attached hydrogen (secondary N) is 2. The molecule has 0 saturated heterocycles. The molecular formula is C18H14BrN3O2S2. The van der Waals surface area contributed by atoms with Crippen molar-refractivity contribution in [1.82, 2.24) is 15.8 Å². The average Bonchev–Trinajstić information content (AvgIpc) is 3.12. The Morgan fingerprint density at radius 1 is 1.04 bits per heavy atom. The van der Waals surface area contributed by atoms with E-state index in [0.717, 1.165) is 20.0 Å². The van der Waals surface area contributed by atoms with Crippen LogP contribution in [0.1, 0.15) is 25.6 Å². The highest BCUT2D eigenvalue weighted by molar-refractivity contribution is 9.11. The van der Waals surface area contributed by atoms with Crippen molar-refractivity contribution >= 4 is 50.8 Å². The van der Waals surface area contributed by atoms with Gasteiger partial charge >= 0.3 is 0 Å². The van der Waals surface area contributed by atoms with Gasteiger partial charge in [0.1, 0.15) is 0 Å². The maximum Gasteiger partial charge on any atom is 0.279 e. The molecule has 1 aromatic carbocycles. The van der Waals surface area contributed by atoms with Crippen molar-refractivity contribution in [3.8, 4) is 0 Å². The van der Waals surface area contributed by atoms with Crippen molar-refractivity contribution in [2.45, 2.75) is 10.6 Å². The zero-order valence-corrected chi connectivity index (χ0v) is 16.7. The van der Waals surface area contributed by atoms with Crippen LogP contribution in [0.2, 0.25) is 0 Å². The summed E-state index contributed by atoms with van der Waals surface area (Å²) in [7, 11) is 0. The first-order chi connectivity index (χ1) is 12.6. The van der Waals surface area contributed by atoms with E-state index in [4.69, 9.17) is 0 Å². The molecule has 0 unspecified atom stereocenters. The Morgan fingerprint density at radius 3 is 2.46 bits per heavy atom. The molecule has 0 aliphatic carbocycles. The fourth-order valence-corrected chi connectivity index (χ4v) is 4.15. The first-order valence-corrected chi connectivity index (χ1v) is 10.2. The largest absolute Gasteiger partial charge is 0.279 e. The zero-order valence-electron chi connectivity index (χ0n) is 13.4. The SMILES string of the molecule is O=C(NNC(=O)c1ccc(Br)s1)c1ccc(SCc2cccnc2)cc1. The van der Waals surface area contributed by atoms with Crippen molar-refractivity contribution in [2.75, 3.05) is 0 Å². The van der Waals surface area contributed by atoms with Gasteiger partial charge in [0, 0.05) is 28.6 Å². The van der Waals surface area contributed by atoms with Gasteiger partial charge in [0.15, 0.2) is 0 Å². The van der Waals surface area contributed by atoms with Gasteiger partial charge < -0.3 is 0 Å². The number of pyridine rings is 1. The number of halogens is 1. The number of rotatable bonds is 5. The Morgan fingerprint density at radius 2 is 1.81 bits per heavy atom. The number of hydrogen-bond acceptors (Lipinski definition) is 5. The topological polar surface area (TPSA) is 71.1 Å². The number of hydrazine groups is 1. The molecule has 0 atom stereocenters. The zero-order chi connectivity index (χ0) is 18.4. The minimum absolute atomic E-state index is 0.349.